The Kier molecular flexibility index (Phi) is 4.47. The van der Waals surface area contributed by atoms with Crippen molar-refractivity contribution >= 4 is 16.6 Å². The highest BCUT2D eigenvalue weighted by atomic mass is 16.5. The van der Waals surface area contributed by atoms with Gasteiger partial charge in [0.2, 0.25) is 0 Å². The molecule has 100 valence electrons. The van der Waals surface area contributed by atoms with Crippen LogP contribution >= 0.6 is 0 Å². The molecule has 0 spiro atoms. The molecule has 19 heavy (non-hydrogen) atoms. The van der Waals surface area contributed by atoms with E-state index in [0.717, 1.165) is 27.9 Å². The second kappa shape index (κ2) is 6.29. The molecule has 1 N–H and O–H groups in total. The minimum Gasteiger partial charge on any atom is -0.375 e. The molecule has 0 radical (unpaired) electrons. The lowest BCUT2D eigenvalue weighted by molar-refractivity contribution is 0.167. The molecule has 0 atom stereocenters. The molecule has 0 saturated carbocycles. The number of aryl methyl sites for hydroxylation is 1. The van der Waals surface area contributed by atoms with Gasteiger partial charge in [-0.25, -0.2) is 0 Å². The van der Waals surface area contributed by atoms with Crippen LogP contribution in [0.4, 0.5) is 5.82 Å². The molecule has 0 aliphatic heterocycles. The number of rotatable bonds is 6. The maximum absolute atomic E-state index is 5.44. The summed E-state index contributed by atoms with van der Waals surface area (Å²) in [5.41, 5.74) is 1.97. The van der Waals surface area contributed by atoms with Gasteiger partial charge in [-0.15, -0.1) is 5.10 Å². The Balaban J connectivity index is 2.01. The van der Waals surface area contributed by atoms with Crippen molar-refractivity contribution in [1.82, 2.24) is 10.2 Å². The molecule has 2 aromatic rings. The van der Waals surface area contributed by atoms with Crippen LogP contribution in [0.15, 0.2) is 36.4 Å². The zero-order valence-corrected chi connectivity index (χ0v) is 11.4. The zero-order valence-electron chi connectivity index (χ0n) is 11.4. The summed E-state index contributed by atoms with van der Waals surface area (Å²) in [4.78, 5) is 0. The molecule has 0 saturated heterocycles. The van der Waals surface area contributed by atoms with Crippen LogP contribution in [-0.4, -0.2) is 30.0 Å². The molecule has 0 amide bonds. The second-order valence-electron chi connectivity index (χ2n) is 4.62. The predicted octanol–water partition coefficient (Wildman–Crippen LogP) is 2.94. The van der Waals surface area contributed by atoms with Gasteiger partial charge in [0, 0.05) is 17.3 Å². The normalized spacial score (nSPS) is 10.6. The lowest BCUT2D eigenvalue weighted by Crippen LogP contribution is -2.12. The Hall–Kier alpha value is -1.94. The van der Waals surface area contributed by atoms with Crippen LogP contribution in [0.2, 0.25) is 0 Å². The molecule has 0 aliphatic rings. The number of fused-ring (bicyclic) bond motifs is 1. The Labute approximate surface area is 113 Å². The van der Waals surface area contributed by atoms with Crippen molar-refractivity contribution in [3.8, 4) is 0 Å². The van der Waals surface area contributed by atoms with Crippen LogP contribution in [0.25, 0.3) is 10.8 Å². The molecule has 1 aromatic carbocycles. The quantitative estimate of drug-likeness (QED) is 0.638. The number of nitrogens with one attached hydrogen (secondary N) is 1. The van der Waals surface area contributed by atoms with Crippen LogP contribution in [-0.2, 0) is 4.74 Å². The van der Waals surface area contributed by atoms with Crippen LogP contribution < -0.4 is 5.32 Å². The maximum atomic E-state index is 5.44. The van der Waals surface area contributed by atoms with Gasteiger partial charge in [0.25, 0.3) is 0 Å². The first-order chi connectivity index (χ1) is 9.18. The molecule has 1 heterocycles. The third kappa shape index (κ3) is 3.51. The highest BCUT2D eigenvalue weighted by Crippen LogP contribution is 2.21. The lowest BCUT2D eigenvalue weighted by atomic mass is 10.1. The van der Waals surface area contributed by atoms with E-state index in [-0.39, 0.29) is 0 Å². The molecule has 4 nitrogen and oxygen atoms in total. The number of nitrogens with zero attached hydrogens (tertiary/aromatic N) is 2. The highest BCUT2D eigenvalue weighted by Gasteiger charge is 2.05. The number of hydrogen-bond donors (Lipinski definition) is 1. The topological polar surface area (TPSA) is 47.0 Å². The van der Waals surface area contributed by atoms with Gasteiger partial charge in [0.05, 0.1) is 18.9 Å². The van der Waals surface area contributed by atoms with E-state index in [1.165, 1.54) is 0 Å². The average molecular weight is 257 g/mol. The summed E-state index contributed by atoms with van der Waals surface area (Å²) in [6, 6.07) is 8.12. The molecule has 0 fully saturated rings. The fourth-order valence-electron chi connectivity index (χ4n) is 1.86. The van der Waals surface area contributed by atoms with Crippen molar-refractivity contribution in [2.75, 3.05) is 25.1 Å². The standard InChI is InChI=1S/C15H19N3O/c1-11(2)10-19-9-8-16-15-14-7-5-4-6-13(14)12(3)17-18-15/h4-7H,1,8-10H2,2-3H3,(H,16,18). The van der Waals surface area contributed by atoms with Crippen molar-refractivity contribution < 1.29 is 4.74 Å². The summed E-state index contributed by atoms with van der Waals surface area (Å²) >= 11 is 0. The van der Waals surface area contributed by atoms with E-state index in [9.17, 15) is 0 Å². The van der Waals surface area contributed by atoms with E-state index in [2.05, 4.69) is 28.2 Å². The summed E-state index contributed by atoms with van der Waals surface area (Å²) in [6.45, 7) is 9.64. The van der Waals surface area contributed by atoms with Crippen LogP contribution in [0, 0.1) is 6.92 Å². The summed E-state index contributed by atoms with van der Waals surface area (Å²) in [5, 5.41) is 13.9. The van der Waals surface area contributed by atoms with Gasteiger partial charge in [-0.3, -0.25) is 0 Å². The largest absolute Gasteiger partial charge is 0.375 e. The molecular weight excluding hydrogens is 238 g/mol. The molecule has 0 unspecified atom stereocenters. The van der Waals surface area contributed by atoms with Gasteiger partial charge in [0.15, 0.2) is 5.82 Å². The van der Waals surface area contributed by atoms with Gasteiger partial charge in [-0.1, -0.05) is 36.4 Å². The lowest BCUT2D eigenvalue weighted by Gasteiger charge is -2.09. The number of aromatic nitrogens is 2. The number of ether oxygens (including phenoxy) is 1. The van der Waals surface area contributed by atoms with E-state index in [1.807, 2.05) is 32.0 Å². The van der Waals surface area contributed by atoms with E-state index in [0.29, 0.717) is 19.8 Å². The fourth-order valence-corrected chi connectivity index (χ4v) is 1.86. The molecule has 1 aromatic heterocycles. The Morgan fingerprint density at radius 3 is 2.74 bits per heavy atom. The van der Waals surface area contributed by atoms with E-state index >= 15 is 0 Å². The minimum atomic E-state index is 0.599. The molecule has 0 bridgehead atoms. The van der Waals surface area contributed by atoms with Crippen LogP contribution in [0.5, 0.6) is 0 Å². The number of hydrogen-bond acceptors (Lipinski definition) is 4. The Morgan fingerprint density at radius 1 is 1.26 bits per heavy atom. The fraction of sp³-hybridized carbons (Fsp3) is 0.333. The summed E-state index contributed by atoms with van der Waals surface area (Å²) in [5.74, 6) is 0.806. The third-order valence-electron chi connectivity index (χ3n) is 2.76. The molecule has 4 heteroatoms. The van der Waals surface area contributed by atoms with E-state index in [1.54, 1.807) is 0 Å². The summed E-state index contributed by atoms with van der Waals surface area (Å²) in [7, 11) is 0. The van der Waals surface area contributed by atoms with Gasteiger partial charge in [0.1, 0.15) is 0 Å². The van der Waals surface area contributed by atoms with Crippen molar-refractivity contribution in [1.29, 1.82) is 0 Å². The zero-order chi connectivity index (χ0) is 13.7. The van der Waals surface area contributed by atoms with Crippen molar-refractivity contribution in [3.05, 3.63) is 42.1 Å². The van der Waals surface area contributed by atoms with E-state index < -0.39 is 0 Å². The van der Waals surface area contributed by atoms with Gasteiger partial charge in [-0.05, 0) is 13.8 Å². The summed E-state index contributed by atoms with van der Waals surface area (Å²) < 4.78 is 5.44. The Bertz CT molecular complexity index is 581. The monoisotopic (exact) mass is 257 g/mol. The molecule has 0 aliphatic carbocycles. The van der Waals surface area contributed by atoms with Crippen molar-refractivity contribution in [3.63, 3.8) is 0 Å². The van der Waals surface area contributed by atoms with Gasteiger partial charge >= 0.3 is 0 Å². The van der Waals surface area contributed by atoms with Crippen molar-refractivity contribution in [2.24, 2.45) is 0 Å². The SMILES string of the molecule is C=C(C)COCCNc1nnc(C)c2ccccc12. The predicted molar refractivity (Wildman–Crippen MR) is 78.4 cm³/mol. The van der Waals surface area contributed by atoms with Crippen LogP contribution in [0.1, 0.15) is 12.6 Å². The first-order valence-corrected chi connectivity index (χ1v) is 6.36. The minimum absolute atomic E-state index is 0.599. The number of anilines is 1. The molecule has 2 rings (SSSR count). The Morgan fingerprint density at radius 2 is 2.00 bits per heavy atom. The third-order valence-corrected chi connectivity index (χ3v) is 2.76. The first-order valence-electron chi connectivity index (χ1n) is 6.36. The smallest absolute Gasteiger partial charge is 0.156 e. The van der Waals surface area contributed by atoms with Gasteiger partial charge in [-0.2, -0.15) is 5.10 Å². The summed E-state index contributed by atoms with van der Waals surface area (Å²) in [6.07, 6.45) is 0. The van der Waals surface area contributed by atoms with Gasteiger partial charge < -0.3 is 10.1 Å². The first kappa shape index (κ1) is 13.5. The number of benzene rings is 1. The maximum Gasteiger partial charge on any atom is 0.156 e. The second-order valence-corrected chi connectivity index (χ2v) is 4.62. The highest BCUT2D eigenvalue weighted by molar-refractivity contribution is 5.92. The molecular formula is C15H19N3O. The van der Waals surface area contributed by atoms with Crippen molar-refractivity contribution in [2.45, 2.75) is 13.8 Å². The van der Waals surface area contributed by atoms with Crippen LogP contribution in [0.3, 0.4) is 0 Å². The average Bonchev–Trinajstić information content (AvgIpc) is 2.41. The van der Waals surface area contributed by atoms with E-state index in [4.69, 9.17) is 4.74 Å².